The number of hydrogen-bond acceptors (Lipinski definition) is 7. The number of sulfonamides is 1. The van der Waals surface area contributed by atoms with Gasteiger partial charge in [-0.3, -0.25) is 9.36 Å². The van der Waals surface area contributed by atoms with Gasteiger partial charge in [-0.05, 0) is 38.1 Å². The molecule has 0 radical (unpaired) electrons. The van der Waals surface area contributed by atoms with Crippen LogP contribution in [0.4, 0.5) is 5.82 Å². The SMILES string of the molecule is CC(=O)c1ccc(S(=O)(=O)N2CCN(c3ccc(-n4ccnc4C)nn3)CC2)cc1. The maximum atomic E-state index is 12.9. The van der Waals surface area contributed by atoms with Gasteiger partial charge in [0.25, 0.3) is 0 Å². The van der Waals surface area contributed by atoms with Crippen LogP contribution in [0.15, 0.2) is 53.7 Å². The Morgan fingerprint density at radius 3 is 2.10 bits per heavy atom. The van der Waals surface area contributed by atoms with E-state index in [-0.39, 0.29) is 10.7 Å². The fraction of sp³-hybridized carbons (Fsp3) is 0.300. The standard InChI is InChI=1S/C20H22N6O3S/c1-15(27)17-3-5-18(6-4-17)30(28,29)25-13-11-24(12-14-25)19-7-8-20(23-22-19)26-10-9-21-16(26)2/h3-10H,11-14H2,1-2H3. The van der Waals surface area contributed by atoms with Crippen molar-refractivity contribution in [1.29, 1.82) is 0 Å². The molecule has 0 spiro atoms. The Bertz CT molecular complexity index is 1150. The van der Waals surface area contributed by atoms with Crippen LogP contribution in [0, 0.1) is 6.92 Å². The highest BCUT2D eigenvalue weighted by Gasteiger charge is 2.29. The predicted molar refractivity (Wildman–Crippen MR) is 111 cm³/mol. The van der Waals surface area contributed by atoms with Gasteiger partial charge in [0.2, 0.25) is 10.0 Å². The number of ketones is 1. The Morgan fingerprint density at radius 1 is 0.933 bits per heavy atom. The molecule has 9 nitrogen and oxygen atoms in total. The van der Waals surface area contributed by atoms with Crippen molar-refractivity contribution < 1.29 is 13.2 Å². The van der Waals surface area contributed by atoms with Gasteiger partial charge in [-0.25, -0.2) is 13.4 Å². The number of imidazole rings is 1. The van der Waals surface area contributed by atoms with E-state index in [0.717, 1.165) is 5.82 Å². The second-order valence-corrected chi connectivity index (χ2v) is 9.00. The molecule has 0 atom stereocenters. The van der Waals surface area contributed by atoms with Crippen molar-refractivity contribution in [2.75, 3.05) is 31.1 Å². The topological polar surface area (TPSA) is 101 Å². The molecule has 3 heterocycles. The molecule has 1 fully saturated rings. The minimum atomic E-state index is -3.60. The van der Waals surface area contributed by atoms with Crippen LogP contribution in [0.2, 0.25) is 0 Å². The first-order chi connectivity index (χ1) is 14.4. The van der Waals surface area contributed by atoms with Gasteiger partial charge in [-0.1, -0.05) is 12.1 Å². The molecule has 0 N–H and O–H groups in total. The lowest BCUT2D eigenvalue weighted by Gasteiger charge is -2.34. The maximum absolute atomic E-state index is 12.9. The zero-order chi connectivity index (χ0) is 21.3. The summed E-state index contributed by atoms with van der Waals surface area (Å²) in [5, 5.41) is 8.57. The third kappa shape index (κ3) is 3.83. The summed E-state index contributed by atoms with van der Waals surface area (Å²) < 4.78 is 29.1. The highest BCUT2D eigenvalue weighted by molar-refractivity contribution is 7.89. The van der Waals surface area contributed by atoms with Gasteiger partial charge in [0.15, 0.2) is 17.4 Å². The maximum Gasteiger partial charge on any atom is 0.243 e. The number of anilines is 1. The highest BCUT2D eigenvalue weighted by Crippen LogP contribution is 2.21. The number of piperazine rings is 1. The minimum absolute atomic E-state index is 0.0945. The predicted octanol–water partition coefficient (Wildman–Crippen LogP) is 1.68. The molecule has 1 saturated heterocycles. The summed E-state index contributed by atoms with van der Waals surface area (Å²) in [5.41, 5.74) is 0.492. The van der Waals surface area contributed by atoms with E-state index in [2.05, 4.69) is 15.2 Å². The van der Waals surface area contributed by atoms with Crippen molar-refractivity contribution in [2.24, 2.45) is 0 Å². The molecule has 1 aliphatic rings. The number of Topliss-reactive ketones (excluding diaryl/α,β-unsaturated/α-hetero) is 1. The van der Waals surface area contributed by atoms with Crippen molar-refractivity contribution in [1.82, 2.24) is 24.1 Å². The van der Waals surface area contributed by atoms with Gasteiger partial charge in [-0.2, -0.15) is 4.31 Å². The average molecular weight is 427 g/mol. The second-order valence-electron chi connectivity index (χ2n) is 7.07. The number of hydrogen-bond donors (Lipinski definition) is 0. The molecule has 0 unspecified atom stereocenters. The number of nitrogens with zero attached hydrogens (tertiary/aromatic N) is 6. The first kappa shape index (κ1) is 20.2. The van der Waals surface area contributed by atoms with Gasteiger partial charge in [0.05, 0.1) is 4.90 Å². The van der Waals surface area contributed by atoms with Crippen molar-refractivity contribution in [3.8, 4) is 5.82 Å². The Morgan fingerprint density at radius 2 is 1.57 bits per heavy atom. The number of rotatable bonds is 5. The molecule has 156 valence electrons. The summed E-state index contributed by atoms with van der Waals surface area (Å²) in [4.78, 5) is 17.8. The van der Waals surface area contributed by atoms with Crippen LogP contribution in [-0.4, -0.2) is 64.4 Å². The second kappa shape index (κ2) is 7.96. The summed E-state index contributed by atoms with van der Waals surface area (Å²) in [7, 11) is -3.60. The van der Waals surface area contributed by atoms with Crippen LogP contribution < -0.4 is 4.90 Å². The third-order valence-corrected chi connectivity index (χ3v) is 7.08. The fourth-order valence-electron chi connectivity index (χ4n) is 3.40. The third-order valence-electron chi connectivity index (χ3n) is 5.17. The number of carbonyl (C=O) groups is 1. The fourth-order valence-corrected chi connectivity index (χ4v) is 4.83. The van der Waals surface area contributed by atoms with Gasteiger partial charge in [0.1, 0.15) is 5.82 Å². The molecule has 1 aromatic carbocycles. The highest BCUT2D eigenvalue weighted by atomic mass is 32.2. The molecule has 10 heteroatoms. The Hall–Kier alpha value is -3.11. The van der Waals surface area contributed by atoms with Crippen molar-refractivity contribution >= 4 is 21.6 Å². The van der Waals surface area contributed by atoms with Gasteiger partial charge in [0, 0.05) is 44.1 Å². The Balaban J connectivity index is 1.43. The van der Waals surface area contributed by atoms with Crippen LogP contribution in [0.3, 0.4) is 0 Å². The molecule has 0 amide bonds. The van der Waals surface area contributed by atoms with Crippen molar-refractivity contribution in [3.05, 3.63) is 60.2 Å². The van der Waals surface area contributed by atoms with Gasteiger partial charge < -0.3 is 4.90 Å². The Kier molecular flexibility index (Phi) is 5.35. The molecule has 3 aromatic rings. The van der Waals surface area contributed by atoms with Gasteiger partial charge in [-0.15, -0.1) is 10.2 Å². The van der Waals surface area contributed by atoms with Gasteiger partial charge >= 0.3 is 0 Å². The normalized spacial score (nSPS) is 15.3. The molecule has 1 aliphatic heterocycles. The van der Waals surface area contributed by atoms with Crippen LogP contribution in [0.25, 0.3) is 5.82 Å². The molecular formula is C20H22N6O3S. The quantitative estimate of drug-likeness (QED) is 0.572. The average Bonchev–Trinajstić information content (AvgIpc) is 3.20. The number of carbonyl (C=O) groups excluding carboxylic acids is 1. The summed E-state index contributed by atoms with van der Waals surface area (Å²) in [6, 6.07) is 9.82. The molecule has 0 aliphatic carbocycles. The summed E-state index contributed by atoms with van der Waals surface area (Å²) in [6.45, 7) is 5.07. The molecule has 2 aromatic heterocycles. The first-order valence-electron chi connectivity index (χ1n) is 9.56. The first-order valence-corrected chi connectivity index (χ1v) is 11.0. The molecule has 30 heavy (non-hydrogen) atoms. The molecular weight excluding hydrogens is 404 g/mol. The van der Waals surface area contributed by atoms with Crippen LogP contribution in [-0.2, 0) is 10.0 Å². The molecule has 0 bridgehead atoms. The van der Waals surface area contributed by atoms with E-state index in [0.29, 0.717) is 43.4 Å². The van der Waals surface area contributed by atoms with E-state index in [1.54, 1.807) is 18.3 Å². The van der Waals surface area contributed by atoms with Crippen molar-refractivity contribution in [2.45, 2.75) is 18.7 Å². The summed E-state index contributed by atoms with van der Waals surface area (Å²) in [6.07, 6.45) is 3.53. The summed E-state index contributed by atoms with van der Waals surface area (Å²) in [5.74, 6) is 2.12. The van der Waals surface area contributed by atoms with E-state index in [1.807, 2.05) is 34.7 Å². The van der Waals surface area contributed by atoms with E-state index >= 15 is 0 Å². The number of aromatic nitrogens is 4. The Labute approximate surface area is 175 Å². The number of benzene rings is 1. The van der Waals surface area contributed by atoms with Crippen LogP contribution in [0.5, 0.6) is 0 Å². The van der Waals surface area contributed by atoms with E-state index in [1.165, 1.54) is 23.4 Å². The smallest absolute Gasteiger partial charge is 0.243 e. The van der Waals surface area contributed by atoms with E-state index in [4.69, 9.17) is 0 Å². The molecule has 0 saturated carbocycles. The largest absolute Gasteiger partial charge is 0.352 e. The van der Waals surface area contributed by atoms with Crippen molar-refractivity contribution in [3.63, 3.8) is 0 Å². The van der Waals surface area contributed by atoms with E-state index in [9.17, 15) is 13.2 Å². The van der Waals surface area contributed by atoms with Crippen LogP contribution >= 0.6 is 0 Å². The zero-order valence-corrected chi connectivity index (χ0v) is 17.6. The lowest BCUT2D eigenvalue weighted by molar-refractivity contribution is 0.101. The van der Waals surface area contributed by atoms with E-state index < -0.39 is 10.0 Å². The monoisotopic (exact) mass is 426 g/mol. The molecule has 4 rings (SSSR count). The summed E-state index contributed by atoms with van der Waals surface area (Å²) >= 11 is 0. The number of aryl methyl sites for hydroxylation is 1. The lowest BCUT2D eigenvalue weighted by atomic mass is 10.2. The minimum Gasteiger partial charge on any atom is -0.352 e. The zero-order valence-electron chi connectivity index (χ0n) is 16.8. The van der Waals surface area contributed by atoms with Crippen LogP contribution in [0.1, 0.15) is 23.1 Å². The lowest BCUT2D eigenvalue weighted by Crippen LogP contribution is -2.49.